The van der Waals surface area contributed by atoms with E-state index in [4.69, 9.17) is 0 Å². The molecule has 3 aromatic rings. The Labute approximate surface area is 160 Å². The first kappa shape index (κ1) is 18.4. The van der Waals surface area contributed by atoms with Gasteiger partial charge in [-0.2, -0.15) is 0 Å². The van der Waals surface area contributed by atoms with Gasteiger partial charge in [-0.1, -0.05) is 0 Å². The van der Waals surface area contributed by atoms with Gasteiger partial charge in [-0.15, -0.1) is 0 Å². The van der Waals surface area contributed by atoms with Crippen LogP contribution in [0.5, 0.6) is 0 Å². The van der Waals surface area contributed by atoms with Crippen molar-refractivity contribution in [1.82, 2.24) is 0 Å². The molecule has 0 aliphatic carbocycles. The fourth-order valence-corrected chi connectivity index (χ4v) is 12.2. The Morgan fingerprint density at radius 3 is 1.28 bits per heavy atom. The molecule has 0 spiro atoms. The molecule has 130 valence electrons. The van der Waals surface area contributed by atoms with E-state index in [0.29, 0.717) is 5.66 Å². The van der Waals surface area contributed by atoms with Crippen molar-refractivity contribution >= 4 is 36.7 Å². The zero-order valence-corrected chi connectivity index (χ0v) is 17.5. The summed E-state index contributed by atoms with van der Waals surface area (Å²) in [6.45, 7) is 4.70. The van der Waals surface area contributed by atoms with Crippen molar-refractivity contribution < 1.29 is 0 Å². The number of hydrogen-bond acceptors (Lipinski definition) is 0. The fourth-order valence-electron chi connectivity index (χ4n) is 4.03. The van der Waals surface area contributed by atoms with Gasteiger partial charge in [0.25, 0.3) is 0 Å². The summed E-state index contributed by atoms with van der Waals surface area (Å²) in [4.78, 5) is 0. The van der Waals surface area contributed by atoms with E-state index < -0.39 is 5.31 Å². The zero-order valence-electron chi connectivity index (χ0n) is 15.0. The Hall–Kier alpha value is -1.43. The predicted molar refractivity (Wildman–Crippen MR) is 118 cm³/mol. The Kier molecular flexibility index (Phi) is 5.46. The van der Waals surface area contributed by atoms with Crippen LogP contribution in [0.25, 0.3) is 0 Å². The quantitative estimate of drug-likeness (QED) is 0.434. The molecule has 0 aliphatic heterocycles. The van der Waals surface area contributed by atoms with Gasteiger partial charge in [0.15, 0.2) is 0 Å². The second kappa shape index (κ2) is 7.44. The molecule has 3 rings (SSSR count). The standard InChI is InChI=1S/C23H26BrP/c1-3-13-20(2)25(24,21-14-7-4-8-15-21,22-16-9-5-10-17-22)23-18-11-6-12-19-23/h4-12,14-20H,3,13H2,1-2H3. The monoisotopic (exact) mass is 412 g/mol. The van der Waals surface area contributed by atoms with Gasteiger partial charge >= 0.3 is 160 Å². The normalized spacial score (nSPS) is 14.4. The third-order valence-electron chi connectivity index (χ3n) is 5.32. The summed E-state index contributed by atoms with van der Waals surface area (Å²) in [6, 6.07) is 33.2. The van der Waals surface area contributed by atoms with Crippen LogP contribution < -0.4 is 15.9 Å². The number of benzene rings is 3. The van der Waals surface area contributed by atoms with E-state index >= 15 is 0 Å². The van der Waals surface area contributed by atoms with E-state index in [-0.39, 0.29) is 0 Å². The molecular formula is C23H26BrP. The van der Waals surface area contributed by atoms with Crippen molar-refractivity contribution in [2.24, 2.45) is 0 Å². The first-order valence-corrected chi connectivity index (χ1v) is 13.3. The molecule has 0 saturated carbocycles. The van der Waals surface area contributed by atoms with Crippen molar-refractivity contribution in [2.75, 3.05) is 0 Å². The van der Waals surface area contributed by atoms with E-state index in [1.807, 2.05) is 0 Å². The van der Waals surface area contributed by atoms with Crippen LogP contribution in [0.1, 0.15) is 26.7 Å². The third kappa shape index (κ3) is 2.88. The van der Waals surface area contributed by atoms with E-state index in [1.54, 1.807) is 0 Å². The molecule has 1 atom stereocenters. The zero-order chi connectivity index (χ0) is 17.8. The number of halogens is 1. The van der Waals surface area contributed by atoms with Crippen LogP contribution in [0, 0.1) is 0 Å². The molecule has 0 aromatic heterocycles. The van der Waals surface area contributed by atoms with Crippen LogP contribution in [0.2, 0.25) is 0 Å². The van der Waals surface area contributed by atoms with Crippen molar-refractivity contribution in [2.45, 2.75) is 32.3 Å². The van der Waals surface area contributed by atoms with E-state index in [0.717, 1.165) is 0 Å². The summed E-state index contributed by atoms with van der Waals surface area (Å²) in [6.07, 6.45) is 2.36. The van der Waals surface area contributed by atoms with Crippen molar-refractivity contribution in [3.05, 3.63) is 91.0 Å². The van der Waals surface area contributed by atoms with Gasteiger partial charge in [-0.3, -0.25) is 0 Å². The van der Waals surface area contributed by atoms with Crippen LogP contribution in [-0.4, -0.2) is 5.66 Å². The first-order valence-electron chi connectivity index (χ1n) is 9.02. The molecule has 0 saturated heterocycles. The van der Waals surface area contributed by atoms with Gasteiger partial charge in [-0.25, -0.2) is 0 Å². The SMILES string of the molecule is CCCC(C)P(Br)(c1ccccc1)(c1ccccc1)c1ccccc1. The van der Waals surface area contributed by atoms with Gasteiger partial charge in [-0.05, 0) is 0 Å². The second-order valence-corrected chi connectivity index (χ2v) is 15.7. The van der Waals surface area contributed by atoms with Crippen LogP contribution in [0.4, 0.5) is 0 Å². The third-order valence-corrected chi connectivity index (χ3v) is 16.9. The van der Waals surface area contributed by atoms with E-state index in [2.05, 4.69) is 120 Å². The molecule has 25 heavy (non-hydrogen) atoms. The Morgan fingerprint density at radius 1 is 0.680 bits per heavy atom. The molecule has 0 amide bonds. The fraction of sp³-hybridized carbons (Fsp3) is 0.217. The van der Waals surface area contributed by atoms with Gasteiger partial charge in [0, 0.05) is 0 Å². The van der Waals surface area contributed by atoms with Crippen molar-refractivity contribution in [1.29, 1.82) is 0 Å². The number of rotatable bonds is 6. The summed E-state index contributed by atoms with van der Waals surface area (Å²) in [5, 5.41) is 1.48. The molecule has 0 N–H and O–H groups in total. The molecular weight excluding hydrogens is 387 g/mol. The van der Waals surface area contributed by atoms with Crippen LogP contribution in [-0.2, 0) is 0 Å². The van der Waals surface area contributed by atoms with E-state index in [1.165, 1.54) is 28.8 Å². The van der Waals surface area contributed by atoms with Gasteiger partial charge < -0.3 is 0 Å². The maximum absolute atomic E-state index is 4.51. The Balaban J connectivity index is 2.45. The molecule has 0 nitrogen and oxygen atoms in total. The van der Waals surface area contributed by atoms with Crippen LogP contribution >= 0.6 is 20.8 Å². The summed E-state index contributed by atoms with van der Waals surface area (Å²) < 4.78 is 0. The van der Waals surface area contributed by atoms with Crippen LogP contribution in [0.15, 0.2) is 91.0 Å². The van der Waals surface area contributed by atoms with E-state index in [9.17, 15) is 0 Å². The van der Waals surface area contributed by atoms with Gasteiger partial charge in [0.05, 0.1) is 0 Å². The predicted octanol–water partition coefficient (Wildman–Crippen LogP) is 6.01. The molecule has 2 heteroatoms. The molecule has 0 aliphatic rings. The molecule has 0 heterocycles. The molecule has 0 radical (unpaired) electrons. The van der Waals surface area contributed by atoms with Crippen molar-refractivity contribution in [3.63, 3.8) is 0 Å². The average Bonchev–Trinajstić information content (AvgIpc) is 2.69. The molecule has 0 fully saturated rings. The Bertz CT molecular complexity index is 700. The first-order chi connectivity index (χ1) is 12.1. The van der Waals surface area contributed by atoms with Gasteiger partial charge in [0.2, 0.25) is 0 Å². The summed E-state index contributed by atoms with van der Waals surface area (Å²) >= 11 is 4.51. The van der Waals surface area contributed by atoms with Crippen LogP contribution in [0.3, 0.4) is 0 Å². The average molecular weight is 413 g/mol. The maximum atomic E-state index is 4.51. The topological polar surface area (TPSA) is 0 Å². The minimum atomic E-state index is -2.75. The molecule has 1 unspecified atom stereocenters. The molecule has 0 bridgehead atoms. The summed E-state index contributed by atoms with van der Waals surface area (Å²) in [7, 11) is 0. The van der Waals surface area contributed by atoms with Crippen molar-refractivity contribution in [3.8, 4) is 0 Å². The molecule has 3 aromatic carbocycles. The minimum absolute atomic E-state index is 0.503. The second-order valence-electron chi connectivity index (χ2n) is 6.72. The summed E-state index contributed by atoms with van der Waals surface area (Å²) in [5.74, 6) is 0. The Morgan fingerprint density at radius 2 is 1.00 bits per heavy atom. The number of hydrogen-bond donors (Lipinski definition) is 0. The van der Waals surface area contributed by atoms with Gasteiger partial charge in [0.1, 0.15) is 0 Å². The summed E-state index contributed by atoms with van der Waals surface area (Å²) in [5.41, 5.74) is 0.503.